The SMILES string of the molecule is CN(C(=O)c1cccc(O)c1)c1cccc(N)c1. The second kappa shape index (κ2) is 4.79. The molecule has 0 aliphatic rings. The molecule has 0 aliphatic heterocycles. The van der Waals surface area contributed by atoms with Crippen LogP contribution in [0.3, 0.4) is 0 Å². The Balaban J connectivity index is 2.29. The molecule has 3 N–H and O–H groups in total. The van der Waals surface area contributed by atoms with Crippen LogP contribution >= 0.6 is 0 Å². The van der Waals surface area contributed by atoms with E-state index in [-0.39, 0.29) is 11.7 Å². The summed E-state index contributed by atoms with van der Waals surface area (Å²) in [6.45, 7) is 0. The Morgan fingerprint density at radius 3 is 2.56 bits per heavy atom. The molecule has 0 saturated carbocycles. The maximum atomic E-state index is 12.2. The number of hydrogen-bond donors (Lipinski definition) is 2. The summed E-state index contributed by atoms with van der Waals surface area (Å²) < 4.78 is 0. The zero-order chi connectivity index (χ0) is 13.1. The Bertz CT molecular complexity index is 582. The summed E-state index contributed by atoms with van der Waals surface area (Å²) in [6.07, 6.45) is 0. The van der Waals surface area contributed by atoms with Crippen molar-refractivity contribution in [2.75, 3.05) is 17.7 Å². The molecule has 4 nitrogen and oxygen atoms in total. The van der Waals surface area contributed by atoms with Crippen molar-refractivity contribution < 1.29 is 9.90 Å². The summed E-state index contributed by atoms with van der Waals surface area (Å²) >= 11 is 0. The van der Waals surface area contributed by atoms with Crippen LogP contribution in [0.25, 0.3) is 0 Å². The number of anilines is 2. The van der Waals surface area contributed by atoms with Crippen LogP contribution in [-0.2, 0) is 0 Å². The third-order valence-corrected chi connectivity index (χ3v) is 2.66. The van der Waals surface area contributed by atoms with Gasteiger partial charge in [-0.1, -0.05) is 12.1 Å². The molecule has 0 bridgehead atoms. The average Bonchev–Trinajstić information content (AvgIpc) is 2.37. The normalized spacial score (nSPS) is 10.1. The van der Waals surface area contributed by atoms with Crippen LogP contribution in [0.1, 0.15) is 10.4 Å². The summed E-state index contributed by atoms with van der Waals surface area (Å²) in [5.41, 5.74) is 7.42. The highest BCUT2D eigenvalue weighted by atomic mass is 16.3. The minimum Gasteiger partial charge on any atom is -0.508 e. The summed E-state index contributed by atoms with van der Waals surface area (Å²) in [5, 5.41) is 9.37. The van der Waals surface area contributed by atoms with E-state index in [9.17, 15) is 9.90 Å². The quantitative estimate of drug-likeness (QED) is 0.794. The number of carbonyl (C=O) groups is 1. The van der Waals surface area contributed by atoms with E-state index >= 15 is 0 Å². The van der Waals surface area contributed by atoms with Gasteiger partial charge in [-0.2, -0.15) is 0 Å². The number of nitrogens with zero attached hydrogens (tertiary/aromatic N) is 1. The minimum absolute atomic E-state index is 0.0711. The van der Waals surface area contributed by atoms with Gasteiger partial charge in [-0.15, -0.1) is 0 Å². The Kier molecular flexibility index (Phi) is 3.19. The van der Waals surface area contributed by atoms with E-state index in [1.165, 1.54) is 17.0 Å². The van der Waals surface area contributed by atoms with Crippen molar-refractivity contribution in [3.8, 4) is 5.75 Å². The second-order valence-corrected chi connectivity index (χ2v) is 4.01. The maximum Gasteiger partial charge on any atom is 0.258 e. The van der Waals surface area contributed by atoms with E-state index in [4.69, 9.17) is 5.73 Å². The lowest BCUT2D eigenvalue weighted by Crippen LogP contribution is -2.26. The lowest BCUT2D eigenvalue weighted by Gasteiger charge is -2.17. The highest BCUT2D eigenvalue weighted by Gasteiger charge is 2.13. The molecule has 0 atom stereocenters. The summed E-state index contributed by atoms with van der Waals surface area (Å²) in [5.74, 6) is -0.127. The lowest BCUT2D eigenvalue weighted by molar-refractivity contribution is 0.0992. The highest BCUT2D eigenvalue weighted by molar-refractivity contribution is 6.06. The number of hydrogen-bond acceptors (Lipinski definition) is 3. The van der Waals surface area contributed by atoms with Gasteiger partial charge in [0.05, 0.1) is 0 Å². The Morgan fingerprint density at radius 1 is 1.17 bits per heavy atom. The predicted octanol–water partition coefficient (Wildman–Crippen LogP) is 2.25. The molecule has 92 valence electrons. The van der Waals surface area contributed by atoms with Gasteiger partial charge >= 0.3 is 0 Å². The molecule has 0 fully saturated rings. The molecule has 0 heterocycles. The van der Waals surface area contributed by atoms with Crippen LogP contribution in [0.2, 0.25) is 0 Å². The van der Waals surface area contributed by atoms with Gasteiger partial charge in [-0.3, -0.25) is 4.79 Å². The fourth-order valence-corrected chi connectivity index (χ4v) is 1.68. The topological polar surface area (TPSA) is 66.6 Å². The van der Waals surface area contributed by atoms with Crippen molar-refractivity contribution in [2.45, 2.75) is 0 Å². The van der Waals surface area contributed by atoms with E-state index in [0.717, 1.165) is 0 Å². The summed E-state index contributed by atoms with van der Waals surface area (Å²) in [4.78, 5) is 13.7. The monoisotopic (exact) mass is 242 g/mol. The van der Waals surface area contributed by atoms with Gasteiger partial charge in [-0.05, 0) is 36.4 Å². The molecular weight excluding hydrogens is 228 g/mol. The number of rotatable bonds is 2. The number of benzene rings is 2. The van der Waals surface area contributed by atoms with Crippen LogP contribution in [0, 0.1) is 0 Å². The van der Waals surface area contributed by atoms with E-state index in [1.54, 1.807) is 43.4 Å². The number of phenolic OH excluding ortho intramolecular Hbond substituents is 1. The standard InChI is InChI=1S/C14H14N2O2/c1-16(12-6-3-5-11(15)9-12)14(18)10-4-2-7-13(17)8-10/h2-9,17H,15H2,1H3. The van der Waals surface area contributed by atoms with E-state index in [0.29, 0.717) is 16.9 Å². The number of phenols is 1. The van der Waals surface area contributed by atoms with Gasteiger partial charge in [0.15, 0.2) is 0 Å². The van der Waals surface area contributed by atoms with Crippen molar-refractivity contribution in [3.63, 3.8) is 0 Å². The third kappa shape index (κ3) is 2.43. The molecule has 1 amide bonds. The molecule has 4 heteroatoms. The fourth-order valence-electron chi connectivity index (χ4n) is 1.68. The predicted molar refractivity (Wildman–Crippen MR) is 71.7 cm³/mol. The van der Waals surface area contributed by atoms with Crippen molar-refractivity contribution in [3.05, 3.63) is 54.1 Å². The van der Waals surface area contributed by atoms with Gasteiger partial charge in [0.1, 0.15) is 5.75 Å². The van der Waals surface area contributed by atoms with Crippen LogP contribution in [-0.4, -0.2) is 18.1 Å². The van der Waals surface area contributed by atoms with Crippen molar-refractivity contribution >= 4 is 17.3 Å². The van der Waals surface area contributed by atoms with Gasteiger partial charge in [0.25, 0.3) is 5.91 Å². The third-order valence-electron chi connectivity index (χ3n) is 2.66. The molecule has 0 aromatic heterocycles. The molecule has 2 aromatic carbocycles. The van der Waals surface area contributed by atoms with Crippen LogP contribution < -0.4 is 10.6 Å². The van der Waals surface area contributed by atoms with Gasteiger partial charge < -0.3 is 15.7 Å². The minimum atomic E-state index is -0.198. The molecule has 0 aliphatic carbocycles. The number of aromatic hydroxyl groups is 1. The Morgan fingerprint density at radius 2 is 1.89 bits per heavy atom. The Hall–Kier alpha value is -2.49. The molecule has 0 unspecified atom stereocenters. The van der Waals surface area contributed by atoms with Crippen molar-refractivity contribution in [2.24, 2.45) is 0 Å². The molecule has 2 aromatic rings. The first-order valence-corrected chi connectivity index (χ1v) is 5.50. The molecular formula is C14H14N2O2. The first-order chi connectivity index (χ1) is 8.58. The fraction of sp³-hybridized carbons (Fsp3) is 0.0714. The first kappa shape index (κ1) is 12.0. The number of nitrogens with two attached hydrogens (primary N) is 1. The average molecular weight is 242 g/mol. The van der Waals surface area contributed by atoms with E-state index in [2.05, 4.69) is 0 Å². The molecule has 2 rings (SSSR count). The summed E-state index contributed by atoms with van der Waals surface area (Å²) in [7, 11) is 1.67. The molecule has 0 saturated heterocycles. The number of carbonyl (C=O) groups excluding carboxylic acids is 1. The Labute approximate surface area is 105 Å². The highest BCUT2D eigenvalue weighted by Crippen LogP contribution is 2.19. The van der Waals surface area contributed by atoms with E-state index in [1.807, 2.05) is 0 Å². The summed E-state index contributed by atoms with van der Waals surface area (Å²) in [6, 6.07) is 13.3. The number of nitrogen functional groups attached to an aromatic ring is 1. The van der Waals surface area contributed by atoms with Crippen LogP contribution in [0.15, 0.2) is 48.5 Å². The van der Waals surface area contributed by atoms with Crippen molar-refractivity contribution in [1.82, 2.24) is 0 Å². The lowest BCUT2D eigenvalue weighted by atomic mass is 10.1. The maximum absolute atomic E-state index is 12.2. The largest absolute Gasteiger partial charge is 0.508 e. The van der Waals surface area contributed by atoms with E-state index < -0.39 is 0 Å². The van der Waals surface area contributed by atoms with Crippen LogP contribution in [0.4, 0.5) is 11.4 Å². The molecule has 0 spiro atoms. The molecule has 0 radical (unpaired) electrons. The zero-order valence-corrected chi connectivity index (χ0v) is 10.00. The van der Waals surface area contributed by atoms with Gasteiger partial charge in [0.2, 0.25) is 0 Å². The molecule has 18 heavy (non-hydrogen) atoms. The first-order valence-electron chi connectivity index (χ1n) is 5.50. The van der Waals surface area contributed by atoms with Gasteiger partial charge in [0, 0.05) is 24.0 Å². The van der Waals surface area contributed by atoms with Gasteiger partial charge in [-0.25, -0.2) is 0 Å². The smallest absolute Gasteiger partial charge is 0.258 e. The van der Waals surface area contributed by atoms with Crippen LogP contribution in [0.5, 0.6) is 5.75 Å². The zero-order valence-electron chi connectivity index (χ0n) is 10.00. The second-order valence-electron chi connectivity index (χ2n) is 4.01. The van der Waals surface area contributed by atoms with Crippen molar-refractivity contribution in [1.29, 1.82) is 0 Å². The number of amides is 1.